The fourth-order valence-electron chi connectivity index (χ4n) is 5.07. The molecule has 6 nitrogen and oxygen atoms in total. The lowest BCUT2D eigenvalue weighted by Gasteiger charge is -2.41. The van der Waals surface area contributed by atoms with E-state index < -0.39 is 0 Å². The van der Waals surface area contributed by atoms with Crippen molar-refractivity contribution in [3.05, 3.63) is 93.4 Å². The van der Waals surface area contributed by atoms with Crippen LogP contribution in [0, 0.1) is 20.8 Å². The summed E-state index contributed by atoms with van der Waals surface area (Å²) >= 11 is 6.18. The third-order valence-electron chi connectivity index (χ3n) is 6.96. The summed E-state index contributed by atoms with van der Waals surface area (Å²) in [6.07, 6.45) is 2.38. The zero-order chi connectivity index (χ0) is 24.7. The van der Waals surface area contributed by atoms with E-state index in [1.165, 1.54) is 11.3 Å². The highest BCUT2D eigenvalue weighted by Gasteiger charge is 2.30. The molecule has 3 heterocycles. The summed E-state index contributed by atoms with van der Waals surface area (Å²) in [6.45, 7) is 10.4. The maximum Gasteiger partial charge on any atom is 0.259 e. The number of benzene rings is 2. The Morgan fingerprint density at radius 1 is 1.09 bits per heavy atom. The van der Waals surface area contributed by atoms with E-state index in [0.717, 1.165) is 34.1 Å². The van der Waals surface area contributed by atoms with Gasteiger partial charge in [0.25, 0.3) is 5.91 Å². The zero-order valence-corrected chi connectivity index (χ0v) is 21.4. The fourth-order valence-corrected chi connectivity index (χ4v) is 5.28. The number of carbonyl (C=O) groups is 1. The predicted octanol–water partition coefficient (Wildman–Crippen LogP) is 5.25. The summed E-state index contributed by atoms with van der Waals surface area (Å²) in [4.78, 5) is 22.7. The van der Waals surface area contributed by atoms with E-state index in [9.17, 15) is 4.79 Å². The molecule has 1 aliphatic rings. The number of aryl methyl sites for hydroxylation is 3. The molecule has 0 radical (unpaired) electrons. The molecule has 1 atom stereocenters. The van der Waals surface area contributed by atoms with Crippen LogP contribution in [0.4, 0.5) is 5.69 Å². The van der Waals surface area contributed by atoms with Crippen LogP contribution in [0.1, 0.15) is 45.4 Å². The molecule has 4 aromatic rings. The van der Waals surface area contributed by atoms with Crippen molar-refractivity contribution in [1.29, 1.82) is 0 Å². The van der Waals surface area contributed by atoms with Gasteiger partial charge in [-0.15, -0.1) is 0 Å². The van der Waals surface area contributed by atoms with Crippen LogP contribution in [0.2, 0.25) is 5.02 Å². The van der Waals surface area contributed by atoms with Crippen molar-refractivity contribution in [1.82, 2.24) is 19.5 Å². The standard InChI is InChI=1S/C28H30ClN5O/c1-18-7-5-10-24(13-18)33-12-11-32(17-19(33)2)28(35)26-16-30-34-21(4)25(20(3)31-27(26)34)15-22-8-6-9-23(29)14-22/h5-10,13-14,16,19H,11-12,15,17H2,1-4H3. The summed E-state index contributed by atoms with van der Waals surface area (Å²) in [7, 11) is 0. The average molecular weight is 488 g/mol. The van der Waals surface area contributed by atoms with Crippen LogP contribution in [-0.2, 0) is 6.42 Å². The van der Waals surface area contributed by atoms with Crippen molar-refractivity contribution in [2.75, 3.05) is 24.5 Å². The van der Waals surface area contributed by atoms with Gasteiger partial charge in [0, 0.05) is 54.2 Å². The first kappa shape index (κ1) is 23.4. The molecular weight excluding hydrogens is 458 g/mol. The second-order valence-corrected chi connectivity index (χ2v) is 9.93. The Kier molecular flexibility index (Phi) is 6.24. The predicted molar refractivity (Wildman–Crippen MR) is 141 cm³/mol. The Balaban J connectivity index is 1.39. The number of hydrogen-bond donors (Lipinski definition) is 0. The average Bonchev–Trinajstić information content (AvgIpc) is 3.25. The lowest BCUT2D eigenvalue weighted by molar-refractivity contribution is 0.0728. The maximum absolute atomic E-state index is 13.6. The number of amides is 1. The van der Waals surface area contributed by atoms with E-state index in [4.69, 9.17) is 16.6 Å². The Morgan fingerprint density at radius 3 is 2.63 bits per heavy atom. The molecule has 2 aromatic heterocycles. The van der Waals surface area contributed by atoms with Crippen LogP contribution in [0.3, 0.4) is 0 Å². The highest BCUT2D eigenvalue weighted by atomic mass is 35.5. The number of fused-ring (bicyclic) bond motifs is 1. The van der Waals surface area contributed by atoms with Crippen LogP contribution in [0.15, 0.2) is 54.7 Å². The minimum atomic E-state index is -0.00960. The number of rotatable bonds is 4. The Morgan fingerprint density at radius 2 is 1.89 bits per heavy atom. The largest absolute Gasteiger partial charge is 0.365 e. The summed E-state index contributed by atoms with van der Waals surface area (Å²) in [6, 6.07) is 16.6. The molecule has 2 aromatic carbocycles. The molecule has 1 aliphatic heterocycles. The Labute approximate surface area is 211 Å². The monoisotopic (exact) mass is 487 g/mol. The second kappa shape index (κ2) is 9.34. The quantitative estimate of drug-likeness (QED) is 0.394. The Bertz CT molecular complexity index is 1410. The molecule has 0 N–H and O–H groups in total. The van der Waals surface area contributed by atoms with Crippen molar-refractivity contribution < 1.29 is 4.79 Å². The van der Waals surface area contributed by atoms with Gasteiger partial charge in [-0.05, 0) is 68.7 Å². The Hall–Kier alpha value is -3.38. The van der Waals surface area contributed by atoms with E-state index in [2.05, 4.69) is 54.2 Å². The molecule has 5 rings (SSSR count). The summed E-state index contributed by atoms with van der Waals surface area (Å²) in [5.74, 6) is -0.00960. The van der Waals surface area contributed by atoms with Crippen molar-refractivity contribution in [2.45, 2.75) is 40.2 Å². The van der Waals surface area contributed by atoms with Crippen LogP contribution >= 0.6 is 11.6 Å². The molecular formula is C28H30ClN5O. The third-order valence-corrected chi connectivity index (χ3v) is 7.19. The van der Waals surface area contributed by atoms with Gasteiger partial charge in [0.15, 0.2) is 5.65 Å². The first-order chi connectivity index (χ1) is 16.8. The van der Waals surface area contributed by atoms with Crippen LogP contribution in [-0.4, -0.2) is 51.1 Å². The van der Waals surface area contributed by atoms with Gasteiger partial charge < -0.3 is 9.80 Å². The fraction of sp³-hybridized carbons (Fsp3) is 0.321. The van der Waals surface area contributed by atoms with Crippen LogP contribution < -0.4 is 4.90 Å². The third kappa shape index (κ3) is 4.50. The highest BCUT2D eigenvalue weighted by Crippen LogP contribution is 2.25. The lowest BCUT2D eigenvalue weighted by Crippen LogP contribution is -2.53. The topological polar surface area (TPSA) is 53.7 Å². The summed E-state index contributed by atoms with van der Waals surface area (Å²) in [5, 5.41) is 5.27. The normalized spacial score (nSPS) is 16.2. The van der Waals surface area contributed by atoms with Crippen molar-refractivity contribution in [2.24, 2.45) is 0 Å². The number of carbonyl (C=O) groups excluding carboxylic acids is 1. The minimum Gasteiger partial charge on any atom is -0.365 e. The van der Waals surface area contributed by atoms with Gasteiger partial charge in [0.2, 0.25) is 0 Å². The maximum atomic E-state index is 13.6. The van der Waals surface area contributed by atoms with E-state index in [-0.39, 0.29) is 11.9 Å². The number of hydrogen-bond acceptors (Lipinski definition) is 4. The van der Waals surface area contributed by atoms with Gasteiger partial charge in [0.05, 0.1) is 6.20 Å². The summed E-state index contributed by atoms with van der Waals surface area (Å²) in [5.41, 5.74) is 7.74. The molecule has 0 spiro atoms. The molecule has 1 unspecified atom stereocenters. The van der Waals surface area contributed by atoms with Crippen molar-refractivity contribution >= 4 is 28.8 Å². The minimum absolute atomic E-state index is 0.00960. The molecule has 1 amide bonds. The zero-order valence-electron chi connectivity index (χ0n) is 20.6. The number of halogens is 1. The van der Waals surface area contributed by atoms with Gasteiger partial charge in [-0.1, -0.05) is 35.9 Å². The number of nitrogens with zero attached hydrogens (tertiary/aromatic N) is 5. The first-order valence-electron chi connectivity index (χ1n) is 12.0. The van der Waals surface area contributed by atoms with E-state index in [0.29, 0.717) is 30.7 Å². The molecule has 1 fully saturated rings. The second-order valence-electron chi connectivity index (χ2n) is 9.49. The van der Waals surface area contributed by atoms with E-state index in [1.807, 2.05) is 36.9 Å². The van der Waals surface area contributed by atoms with E-state index in [1.54, 1.807) is 10.7 Å². The number of aromatic nitrogens is 3. The van der Waals surface area contributed by atoms with Crippen LogP contribution in [0.5, 0.6) is 0 Å². The van der Waals surface area contributed by atoms with Gasteiger partial charge in [-0.3, -0.25) is 4.79 Å². The van der Waals surface area contributed by atoms with Gasteiger partial charge in [-0.2, -0.15) is 5.10 Å². The van der Waals surface area contributed by atoms with Gasteiger partial charge in [-0.25, -0.2) is 9.50 Å². The number of anilines is 1. The molecule has 35 heavy (non-hydrogen) atoms. The molecule has 1 saturated heterocycles. The first-order valence-corrected chi connectivity index (χ1v) is 12.4. The van der Waals surface area contributed by atoms with Crippen LogP contribution in [0.25, 0.3) is 5.65 Å². The molecule has 7 heteroatoms. The molecule has 0 saturated carbocycles. The molecule has 0 aliphatic carbocycles. The van der Waals surface area contributed by atoms with E-state index >= 15 is 0 Å². The molecule has 0 bridgehead atoms. The smallest absolute Gasteiger partial charge is 0.259 e. The molecule has 180 valence electrons. The van der Waals surface area contributed by atoms with Crippen molar-refractivity contribution in [3.8, 4) is 0 Å². The lowest BCUT2D eigenvalue weighted by atomic mass is 10.0. The SMILES string of the molecule is Cc1cccc(N2CCN(C(=O)c3cnn4c(C)c(Cc5cccc(Cl)c5)c(C)nc34)CC2C)c1. The van der Waals surface area contributed by atoms with Gasteiger partial charge >= 0.3 is 0 Å². The highest BCUT2D eigenvalue weighted by molar-refractivity contribution is 6.30. The number of piperazine rings is 1. The summed E-state index contributed by atoms with van der Waals surface area (Å²) < 4.78 is 1.80. The van der Waals surface area contributed by atoms with Gasteiger partial charge in [0.1, 0.15) is 5.56 Å². The van der Waals surface area contributed by atoms with Crippen molar-refractivity contribution in [3.63, 3.8) is 0 Å².